The van der Waals surface area contributed by atoms with Gasteiger partial charge in [-0.2, -0.15) is 0 Å². The smallest absolute Gasteiger partial charge is 0.225 e. The van der Waals surface area contributed by atoms with E-state index >= 15 is 0 Å². The quantitative estimate of drug-likeness (QED) is 0.781. The summed E-state index contributed by atoms with van der Waals surface area (Å²) >= 11 is 1.49. The van der Waals surface area contributed by atoms with Crippen molar-refractivity contribution >= 4 is 27.1 Å². The zero-order valence-electron chi connectivity index (χ0n) is 14.0. The SMILES string of the molecule is CCCC(CCC)C(=O)N1CCC(c2cccs2)S(=O)(=O)CC1. The highest BCUT2D eigenvalue weighted by atomic mass is 32.2. The molecule has 1 aliphatic heterocycles. The molecule has 1 aromatic rings. The minimum absolute atomic E-state index is 0.0472. The Morgan fingerprint density at radius 3 is 2.57 bits per heavy atom. The molecule has 130 valence electrons. The number of hydrogen-bond donors (Lipinski definition) is 0. The number of hydrogen-bond acceptors (Lipinski definition) is 4. The fraction of sp³-hybridized carbons (Fsp3) is 0.706. The third-order valence-corrected chi connectivity index (χ3v) is 7.78. The summed E-state index contributed by atoms with van der Waals surface area (Å²) in [7, 11) is -3.18. The van der Waals surface area contributed by atoms with E-state index < -0.39 is 15.1 Å². The van der Waals surface area contributed by atoms with Gasteiger partial charge in [-0.15, -0.1) is 11.3 Å². The van der Waals surface area contributed by atoms with Crippen molar-refractivity contribution in [3.63, 3.8) is 0 Å². The first-order chi connectivity index (χ1) is 11.0. The molecule has 1 unspecified atom stereocenters. The van der Waals surface area contributed by atoms with E-state index in [1.54, 1.807) is 4.90 Å². The summed E-state index contributed by atoms with van der Waals surface area (Å²) in [5.41, 5.74) is 0. The maximum absolute atomic E-state index is 12.8. The van der Waals surface area contributed by atoms with Gasteiger partial charge in [-0.1, -0.05) is 32.8 Å². The molecule has 1 fully saturated rings. The van der Waals surface area contributed by atoms with E-state index in [1.807, 2.05) is 17.5 Å². The summed E-state index contributed by atoms with van der Waals surface area (Å²) < 4.78 is 25.1. The number of rotatable bonds is 6. The lowest BCUT2D eigenvalue weighted by Crippen LogP contribution is -2.38. The van der Waals surface area contributed by atoms with Crippen LogP contribution in [0.3, 0.4) is 0 Å². The van der Waals surface area contributed by atoms with E-state index in [-0.39, 0.29) is 17.6 Å². The molecule has 1 amide bonds. The third-order valence-electron chi connectivity index (χ3n) is 4.54. The summed E-state index contributed by atoms with van der Waals surface area (Å²) in [5, 5.41) is 1.47. The van der Waals surface area contributed by atoms with Crippen molar-refractivity contribution in [2.45, 2.75) is 51.2 Å². The molecule has 1 atom stereocenters. The molecule has 4 nitrogen and oxygen atoms in total. The van der Waals surface area contributed by atoms with Crippen LogP contribution in [0.25, 0.3) is 0 Å². The van der Waals surface area contributed by atoms with Crippen molar-refractivity contribution in [2.24, 2.45) is 5.92 Å². The molecule has 1 aromatic heterocycles. The van der Waals surface area contributed by atoms with Gasteiger partial charge in [0.05, 0.1) is 11.0 Å². The van der Waals surface area contributed by atoms with Gasteiger partial charge in [0.1, 0.15) is 0 Å². The second kappa shape index (κ2) is 8.29. The lowest BCUT2D eigenvalue weighted by atomic mass is 9.96. The number of carbonyl (C=O) groups is 1. The second-order valence-corrected chi connectivity index (χ2v) is 9.54. The topological polar surface area (TPSA) is 54.5 Å². The van der Waals surface area contributed by atoms with Gasteiger partial charge in [0.25, 0.3) is 0 Å². The summed E-state index contributed by atoms with van der Waals surface area (Å²) in [6.07, 6.45) is 4.27. The van der Waals surface area contributed by atoms with Crippen molar-refractivity contribution in [2.75, 3.05) is 18.8 Å². The molecule has 0 N–H and O–H groups in total. The minimum atomic E-state index is -3.18. The molecule has 0 aliphatic carbocycles. The number of nitrogens with zero attached hydrogens (tertiary/aromatic N) is 1. The molecular formula is C17H27NO3S2. The molecule has 1 aliphatic rings. The third kappa shape index (κ3) is 4.57. The molecule has 1 saturated heterocycles. The molecular weight excluding hydrogens is 330 g/mol. The van der Waals surface area contributed by atoms with Crippen LogP contribution in [-0.4, -0.2) is 38.1 Å². The molecule has 0 aromatic carbocycles. The van der Waals surface area contributed by atoms with Crippen molar-refractivity contribution in [3.8, 4) is 0 Å². The zero-order chi connectivity index (χ0) is 16.9. The standard InChI is InChI=1S/C17H27NO3S2/c1-3-6-14(7-4-2)17(19)18-10-9-16(15-8-5-12-22-15)23(20,21)13-11-18/h5,8,12,14,16H,3-4,6-7,9-11,13H2,1-2H3. The molecule has 0 bridgehead atoms. The summed E-state index contributed by atoms with van der Waals surface area (Å²) in [4.78, 5) is 15.5. The molecule has 0 saturated carbocycles. The Balaban J connectivity index is 2.11. The second-order valence-electron chi connectivity index (χ2n) is 6.26. The molecule has 6 heteroatoms. The van der Waals surface area contributed by atoms with Crippen LogP contribution in [0.15, 0.2) is 17.5 Å². The normalized spacial score (nSPS) is 21.3. The van der Waals surface area contributed by atoms with Crippen molar-refractivity contribution in [1.82, 2.24) is 4.90 Å². The van der Waals surface area contributed by atoms with Crippen LogP contribution in [0.1, 0.15) is 56.1 Å². The highest BCUT2D eigenvalue weighted by molar-refractivity contribution is 7.91. The van der Waals surface area contributed by atoms with Crippen molar-refractivity contribution in [3.05, 3.63) is 22.4 Å². The van der Waals surface area contributed by atoms with E-state index in [4.69, 9.17) is 0 Å². The highest BCUT2D eigenvalue weighted by Gasteiger charge is 2.34. The summed E-state index contributed by atoms with van der Waals surface area (Å²) in [6, 6.07) is 3.78. The van der Waals surface area contributed by atoms with Gasteiger partial charge in [-0.25, -0.2) is 8.42 Å². The Bertz CT molecular complexity index is 589. The van der Waals surface area contributed by atoms with Crippen molar-refractivity contribution in [1.29, 1.82) is 0 Å². The number of sulfone groups is 1. The van der Waals surface area contributed by atoms with Gasteiger partial charge < -0.3 is 4.90 Å². The Kier molecular flexibility index (Phi) is 6.65. The minimum Gasteiger partial charge on any atom is -0.341 e. The first-order valence-corrected chi connectivity index (χ1v) is 11.1. The molecule has 2 heterocycles. The largest absolute Gasteiger partial charge is 0.341 e. The van der Waals surface area contributed by atoms with E-state index in [0.29, 0.717) is 19.5 Å². The van der Waals surface area contributed by atoms with Crippen LogP contribution in [0, 0.1) is 5.92 Å². The van der Waals surface area contributed by atoms with Crippen LogP contribution < -0.4 is 0 Å². The first kappa shape index (κ1) is 18.5. The fourth-order valence-electron chi connectivity index (χ4n) is 3.30. The Morgan fingerprint density at radius 2 is 2.00 bits per heavy atom. The van der Waals surface area contributed by atoms with Gasteiger partial charge >= 0.3 is 0 Å². The van der Waals surface area contributed by atoms with Crippen LogP contribution in [0.4, 0.5) is 0 Å². The van der Waals surface area contributed by atoms with Crippen LogP contribution >= 0.6 is 11.3 Å². The molecule has 2 rings (SSSR count). The van der Waals surface area contributed by atoms with Gasteiger partial charge in [-0.05, 0) is 30.7 Å². The Hall–Kier alpha value is -0.880. The zero-order valence-corrected chi connectivity index (χ0v) is 15.7. The number of carbonyl (C=O) groups excluding carboxylic acids is 1. The Labute approximate surface area is 143 Å². The highest BCUT2D eigenvalue weighted by Crippen LogP contribution is 2.33. The molecule has 0 spiro atoms. The van der Waals surface area contributed by atoms with E-state index in [9.17, 15) is 13.2 Å². The lowest BCUT2D eigenvalue weighted by Gasteiger charge is -2.25. The van der Waals surface area contributed by atoms with E-state index in [1.165, 1.54) is 11.3 Å². The molecule has 0 radical (unpaired) electrons. The van der Waals surface area contributed by atoms with Crippen LogP contribution in [-0.2, 0) is 14.6 Å². The van der Waals surface area contributed by atoms with E-state index in [2.05, 4.69) is 13.8 Å². The van der Waals surface area contributed by atoms with E-state index in [0.717, 1.165) is 30.6 Å². The fourth-order valence-corrected chi connectivity index (χ4v) is 6.31. The summed E-state index contributed by atoms with van der Waals surface area (Å²) in [5.74, 6) is 0.272. The average Bonchev–Trinajstić information content (AvgIpc) is 2.98. The number of amides is 1. The lowest BCUT2D eigenvalue weighted by molar-refractivity contribution is -0.135. The van der Waals surface area contributed by atoms with Crippen LogP contribution in [0.5, 0.6) is 0 Å². The van der Waals surface area contributed by atoms with Gasteiger partial charge in [0.2, 0.25) is 5.91 Å². The maximum atomic E-state index is 12.8. The van der Waals surface area contributed by atoms with Gasteiger partial charge in [0.15, 0.2) is 9.84 Å². The maximum Gasteiger partial charge on any atom is 0.225 e. The van der Waals surface area contributed by atoms with Crippen LogP contribution in [0.2, 0.25) is 0 Å². The Morgan fingerprint density at radius 1 is 1.30 bits per heavy atom. The molecule has 23 heavy (non-hydrogen) atoms. The van der Waals surface area contributed by atoms with Gasteiger partial charge in [0, 0.05) is 23.9 Å². The first-order valence-electron chi connectivity index (χ1n) is 8.53. The van der Waals surface area contributed by atoms with Crippen molar-refractivity contribution < 1.29 is 13.2 Å². The average molecular weight is 358 g/mol. The number of thiophene rings is 1. The predicted molar refractivity (Wildman–Crippen MR) is 95.3 cm³/mol. The van der Waals surface area contributed by atoms with Gasteiger partial charge in [-0.3, -0.25) is 4.79 Å². The summed E-state index contributed by atoms with van der Waals surface area (Å²) in [6.45, 7) is 5.07. The predicted octanol–water partition coefficient (Wildman–Crippen LogP) is 3.65. The monoisotopic (exact) mass is 357 g/mol.